The first-order chi connectivity index (χ1) is 9.19. The maximum atomic E-state index is 11.9. The zero-order valence-electron chi connectivity index (χ0n) is 12.5. The third-order valence-corrected chi connectivity index (χ3v) is 4.43. The standard InChI is InChI=1S/C15H29N3O/c1-3-16-12(2)14-5-4-8-18(10-14)11-15(19)17-9-13-6-7-13/h12-14,16H,3-11H2,1-2H3,(H,17,19). The van der Waals surface area contributed by atoms with E-state index in [9.17, 15) is 4.79 Å². The zero-order chi connectivity index (χ0) is 13.7. The normalized spacial score (nSPS) is 26.1. The van der Waals surface area contributed by atoms with Crippen molar-refractivity contribution in [2.75, 3.05) is 32.7 Å². The van der Waals surface area contributed by atoms with Crippen LogP contribution in [-0.4, -0.2) is 49.6 Å². The summed E-state index contributed by atoms with van der Waals surface area (Å²) in [5.41, 5.74) is 0. The van der Waals surface area contributed by atoms with E-state index in [2.05, 4.69) is 29.4 Å². The Morgan fingerprint density at radius 2 is 2.16 bits per heavy atom. The monoisotopic (exact) mass is 267 g/mol. The van der Waals surface area contributed by atoms with Crippen LogP contribution in [0.15, 0.2) is 0 Å². The lowest BCUT2D eigenvalue weighted by Gasteiger charge is -2.35. The summed E-state index contributed by atoms with van der Waals surface area (Å²) >= 11 is 0. The first-order valence-corrected chi connectivity index (χ1v) is 7.91. The number of hydrogen-bond acceptors (Lipinski definition) is 3. The van der Waals surface area contributed by atoms with Crippen molar-refractivity contribution in [2.45, 2.75) is 45.6 Å². The Labute approximate surface area is 117 Å². The Balaban J connectivity index is 1.68. The summed E-state index contributed by atoms with van der Waals surface area (Å²) in [7, 11) is 0. The number of amides is 1. The third-order valence-electron chi connectivity index (χ3n) is 4.43. The summed E-state index contributed by atoms with van der Waals surface area (Å²) in [5, 5.41) is 6.58. The topological polar surface area (TPSA) is 44.4 Å². The van der Waals surface area contributed by atoms with Crippen LogP contribution in [-0.2, 0) is 4.79 Å². The fourth-order valence-electron chi connectivity index (χ4n) is 2.97. The van der Waals surface area contributed by atoms with Crippen LogP contribution in [0, 0.1) is 11.8 Å². The SMILES string of the molecule is CCNC(C)C1CCCN(CC(=O)NCC2CC2)C1. The summed E-state index contributed by atoms with van der Waals surface area (Å²) in [6.45, 7) is 9.07. The van der Waals surface area contributed by atoms with Gasteiger partial charge in [0.05, 0.1) is 6.54 Å². The molecule has 1 heterocycles. The molecular weight excluding hydrogens is 238 g/mol. The Morgan fingerprint density at radius 1 is 1.37 bits per heavy atom. The molecule has 2 rings (SSSR count). The highest BCUT2D eigenvalue weighted by molar-refractivity contribution is 5.78. The van der Waals surface area contributed by atoms with Crippen LogP contribution in [0.25, 0.3) is 0 Å². The average molecular weight is 267 g/mol. The molecule has 1 aliphatic carbocycles. The number of nitrogens with zero attached hydrogens (tertiary/aromatic N) is 1. The van der Waals surface area contributed by atoms with Crippen molar-refractivity contribution in [3.8, 4) is 0 Å². The number of nitrogens with one attached hydrogen (secondary N) is 2. The molecule has 1 saturated carbocycles. The van der Waals surface area contributed by atoms with Crippen LogP contribution < -0.4 is 10.6 Å². The van der Waals surface area contributed by atoms with Gasteiger partial charge in [-0.05, 0) is 57.5 Å². The highest BCUT2D eigenvalue weighted by atomic mass is 16.2. The number of hydrogen-bond donors (Lipinski definition) is 2. The van der Waals surface area contributed by atoms with Gasteiger partial charge in [0.25, 0.3) is 0 Å². The highest BCUT2D eigenvalue weighted by Crippen LogP contribution is 2.27. The van der Waals surface area contributed by atoms with Gasteiger partial charge >= 0.3 is 0 Å². The molecule has 1 amide bonds. The molecule has 1 saturated heterocycles. The van der Waals surface area contributed by atoms with Gasteiger partial charge in [-0.1, -0.05) is 6.92 Å². The Bertz CT molecular complexity index is 291. The minimum absolute atomic E-state index is 0.212. The summed E-state index contributed by atoms with van der Waals surface area (Å²) in [5.74, 6) is 1.67. The van der Waals surface area contributed by atoms with E-state index < -0.39 is 0 Å². The van der Waals surface area contributed by atoms with Crippen molar-refractivity contribution in [3.63, 3.8) is 0 Å². The first kappa shape index (κ1) is 14.8. The molecule has 1 aliphatic heterocycles. The van der Waals surface area contributed by atoms with E-state index in [0.717, 1.165) is 32.1 Å². The molecule has 0 spiro atoms. The van der Waals surface area contributed by atoms with Crippen LogP contribution in [0.1, 0.15) is 39.5 Å². The zero-order valence-corrected chi connectivity index (χ0v) is 12.5. The molecule has 2 aliphatic rings. The predicted molar refractivity (Wildman–Crippen MR) is 78.0 cm³/mol. The van der Waals surface area contributed by atoms with E-state index in [0.29, 0.717) is 18.5 Å². The lowest BCUT2D eigenvalue weighted by atomic mass is 9.91. The van der Waals surface area contributed by atoms with Crippen molar-refractivity contribution in [2.24, 2.45) is 11.8 Å². The molecule has 110 valence electrons. The number of piperidine rings is 1. The Kier molecular flexibility index (Phi) is 5.64. The molecule has 2 unspecified atom stereocenters. The molecule has 2 fully saturated rings. The molecular formula is C15H29N3O. The van der Waals surface area contributed by atoms with E-state index in [1.54, 1.807) is 0 Å². The van der Waals surface area contributed by atoms with Crippen LogP contribution in [0.5, 0.6) is 0 Å². The Hall–Kier alpha value is -0.610. The number of carbonyl (C=O) groups excluding carboxylic acids is 1. The lowest BCUT2D eigenvalue weighted by Crippen LogP contribution is -2.47. The van der Waals surface area contributed by atoms with Crippen LogP contribution in [0.3, 0.4) is 0 Å². The molecule has 4 heteroatoms. The first-order valence-electron chi connectivity index (χ1n) is 7.91. The number of rotatable bonds is 7. The second-order valence-corrected chi connectivity index (χ2v) is 6.23. The van der Waals surface area contributed by atoms with Crippen molar-refractivity contribution in [3.05, 3.63) is 0 Å². The fraction of sp³-hybridized carbons (Fsp3) is 0.933. The Morgan fingerprint density at radius 3 is 2.84 bits per heavy atom. The number of carbonyl (C=O) groups is 1. The molecule has 0 aromatic carbocycles. The molecule has 0 aromatic rings. The third kappa shape index (κ3) is 5.11. The molecule has 2 atom stereocenters. The quantitative estimate of drug-likeness (QED) is 0.729. The molecule has 0 aromatic heterocycles. The van der Waals surface area contributed by atoms with Gasteiger partial charge in [-0.2, -0.15) is 0 Å². The van der Waals surface area contributed by atoms with Gasteiger partial charge in [0.2, 0.25) is 5.91 Å². The molecule has 0 bridgehead atoms. The van der Waals surface area contributed by atoms with Crippen molar-refractivity contribution >= 4 is 5.91 Å². The molecule has 19 heavy (non-hydrogen) atoms. The second kappa shape index (κ2) is 7.25. The molecule has 2 N–H and O–H groups in total. The minimum atomic E-state index is 0.212. The van der Waals surface area contributed by atoms with E-state index >= 15 is 0 Å². The largest absolute Gasteiger partial charge is 0.355 e. The van der Waals surface area contributed by atoms with E-state index in [4.69, 9.17) is 0 Å². The smallest absolute Gasteiger partial charge is 0.234 e. The van der Waals surface area contributed by atoms with Crippen LogP contribution in [0.4, 0.5) is 0 Å². The van der Waals surface area contributed by atoms with Crippen LogP contribution >= 0.6 is 0 Å². The van der Waals surface area contributed by atoms with Gasteiger partial charge in [-0.15, -0.1) is 0 Å². The van der Waals surface area contributed by atoms with Crippen LogP contribution in [0.2, 0.25) is 0 Å². The summed E-state index contributed by atoms with van der Waals surface area (Å²) in [6, 6.07) is 0.558. The maximum Gasteiger partial charge on any atom is 0.234 e. The predicted octanol–water partition coefficient (Wildman–Crippen LogP) is 1.22. The molecule has 0 radical (unpaired) electrons. The van der Waals surface area contributed by atoms with Gasteiger partial charge in [0.15, 0.2) is 0 Å². The summed E-state index contributed by atoms with van der Waals surface area (Å²) < 4.78 is 0. The van der Waals surface area contributed by atoms with Gasteiger partial charge in [-0.3, -0.25) is 9.69 Å². The highest BCUT2D eigenvalue weighted by Gasteiger charge is 2.26. The van der Waals surface area contributed by atoms with Gasteiger partial charge < -0.3 is 10.6 Å². The second-order valence-electron chi connectivity index (χ2n) is 6.23. The summed E-state index contributed by atoms with van der Waals surface area (Å²) in [6.07, 6.45) is 5.10. The average Bonchev–Trinajstić information content (AvgIpc) is 3.21. The van der Waals surface area contributed by atoms with Gasteiger partial charge in [0, 0.05) is 19.1 Å². The minimum Gasteiger partial charge on any atom is -0.355 e. The van der Waals surface area contributed by atoms with Gasteiger partial charge in [-0.25, -0.2) is 0 Å². The fourth-order valence-corrected chi connectivity index (χ4v) is 2.97. The molecule has 4 nitrogen and oxygen atoms in total. The lowest BCUT2D eigenvalue weighted by molar-refractivity contribution is -0.122. The van der Waals surface area contributed by atoms with Crippen molar-refractivity contribution in [1.82, 2.24) is 15.5 Å². The van der Waals surface area contributed by atoms with E-state index in [-0.39, 0.29) is 5.91 Å². The van der Waals surface area contributed by atoms with E-state index in [1.807, 2.05) is 0 Å². The number of likely N-dealkylation sites (tertiary alicyclic amines) is 1. The van der Waals surface area contributed by atoms with Crippen molar-refractivity contribution in [1.29, 1.82) is 0 Å². The van der Waals surface area contributed by atoms with Crippen molar-refractivity contribution < 1.29 is 4.79 Å². The van der Waals surface area contributed by atoms with Gasteiger partial charge in [0.1, 0.15) is 0 Å². The van der Waals surface area contributed by atoms with E-state index in [1.165, 1.54) is 25.7 Å². The summed E-state index contributed by atoms with van der Waals surface area (Å²) in [4.78, 5) is 14.2. The maximum absolute atomic E-state index is 11.9.